The second-order valence-electron chi connectivity index (χ2n) is 5.14. The van der Waals surface area contributed by atoms with Crippen molar-refractivity contribution in [2.45, 2.75) is 13.3 Å². The number of benzene rings is 2. The van der Waals surface area contributed by atoms with Crippen molar-refractivity contribution in [1.82, 2.24) is 0 Å². The number of fused-ring (bicyclic) bond motifs is 1. The number of aryl methyl sites for hydroxylation is 1. The molecule has 0 aromatic heterocycles. The fourth-order valence-corrected chi connectivity index (χ4v) is 2.71. The second-order valence-corrected chi connectivity index (χ2v) is 5.55. The number of nitrogens with zero attached hydrogens (tertiary/aromatic N) is 1. The molecule has 21 heavy (non-hydrogen) atoms. The van der Waals surface area contributed by atoms with Gasteiger partial charge in [0.1, 0.15) is 0 Å². The van der Waals surface area contributed by atoms with Crippen LogP contribution in [-0.4, -0.2) is 12.6 Å². The number of rotatable bonds is 1. The van der Waals surface area contributed by atoms with E-state index in [1.807, 2.05) is 37.3 Å². The monoisotopic (exact) mass is 301 g/mol. The third kappa shape index (κ3) is 2.54. The van der Waals surface area contributed by atoms with E-state index in [0.29, 0.717) is 17.3 Å². The summed E-state index contributed by atoms with van der Waals surface area (Å²) in [5.41, 5.74) is 10.3. The minimum atomic E-state index is -0.167. The van der Waals surface area contributed by atoms with Crippen molar-refractivity contribution in [1.29, 1.82) is 0 Å². The van der Waals surface area contributed by atoms with Crippen LogP contribution in [0, 0.1) is 6.92 Å². The molecule has 2 amide bonds. The molecular weight excluding hydrogens is 286 g/mol. The van der Waals surface area contributed by atoms with E-state index in [1.54, 1.807) is 11.0 Å². The fraction of sp³-hybridized carbons (Fsp3) is 0.188. The third-order valence-electron chi connectivity index (χ3n) is 3.73. The summed E-state index contributed by atoms with van der Waals surface area (Å²) in [6, 6.07) is 11.0. The lowest BCUT2D eigenvalue weighted by molar-refractivity contribution is 0.257. The van der Waals surface area contributed by atoms with Crippen LogP contribution in [0.1, 0.15) is 11.1 Å². The van der Waals surface area contributed by atoms with Gasteiger partial charge in [0.15, 0.2) is 0 Å². The summed E-state index contributed by atoms with van der Waals surface area (Å²) in [7, 11) is 0. The molecule has 0 saturated heterocycles. The van der Waals surface area contributed by atoms with Crippen molar-refractivity contribution < 1.29 is 4.79 Å². The first-order chi connectivity index (χ1) is 10.1. The van der Waals surface area contributed by atoms with E-state index in [0.717, 1.165) is 28.9 Å². The van der Waals surface area contributed by atoms with Gasteiger partial charge in [0.2, 0.25) is 0 Å². The molecule has 3 N–H and O–H groups in total. The van der Waals surface area contributed by atoms with Crippen LogP contribution < -0.4 is 16.0 Å². The van der Waals surface area contributed by atoms with Crippen molar-refractivity contribution in [3.05, 3.63) is 52.5 Å². The zero-order chi connectivity index (χ0) is 15.0. The van der Waals surface area contributed by atoms with Crippen molar-refractivity contribution >= 4 is 34.7 Å². The predicted octanol–water partition coefficient (Wildman–Crippen LogP) is 3.83. The molecule has 1 aliphatic rings. The molecule has 3 rings (SSSR count). The average Bonchev–Trinajstić information content (AvgIpc) is 2.88. The molecule has 2 aromatic carbocycles. The van der Waals surface area contributed by atoms with Crippen LogP contribution in [0.5, 0.6) is 0 Å². The number of hydrogen-bond acceptors (Lipinski definition) is 2. The zero-order valence-electron chi connectivity index (χ0n) is 11.7. The molecule has 1 aliphatic heterocycles. The van der Waals surface area contributed by atoms with Gasteiger partial charge in [0.25, 0.3) is 0 Å². The number of amides is 2. The van der Waals surface area contributed by atoms with Crippen LogP contribution in [0.4, 0.5) is 21.9 Å². The summed E-state index contributed by atoms with van der Waals surface area (Å²) in [5, 5.41) is 3.51. The molecule has 0 atom stereocenters. The van der Waals surface area contributed by atoms with Crippen LogP contribution in [0.25, 0.3) is 0 Å². The molecule has 2 aromatic rings. The van der Waals surface area contributed by atoms with Crippen LogP contribution in [0.2, 0.25) is 5.02 Å². The summed E-state index contributed by atoms with van der Waals surface area (Å²) in [4.78, 5) is 14.1. The Hall–Kier alpha value is -2.20. The zero-order valence-corrected chi connectivity index (χ0v) is 12.4. The Kier molecular flexibility index (Phi) is 3.47. The van der Waals surface area contributed by atoms with Gasteiger partial charge in [0.05, 0.1) is 5.69 Å². The molecule has 0 radical (unpaired) electrons. The molecule has 0 fully saturated rings. The van der Waals surface area contributed by atoms with Crippen molar-refractivity contribution in [2.24, 2.45) is 0 Å². The predicted molar refractivity (Wildman–Crippen MR) is 87.1 cm³/mol. The van der Waals surface area contributed by atoms with Gasteiger partial charge in [-0.2, -0.15) is 0 Å². The molecule has 0 bridgehead atoms. The van der Waals surface area contributed by atoms with E-state index >= 15 is 0 Å². The molecule has 0 saturated carbocycles. The molecule has 4 nitrogen and oxygen atoms in total. The maximum absolute atomic E-state index is 12.4. The molecular formula is C16H16ClN3O. The standard InChI is InChI=1S/C16H16ClN3O/c1-10-5-6-11(9-13(10)17)19-16(21)20-8-7-12-14(18)3-2-4-15(12)20/h2-6,9H,7-8,18H2,1H3,(H,19,21). The SMILES string of the molecule is Cc1ccc(NC(=O)N2CCc3c(N)cccc32)cc1Cl. The highest BCUT2D eigenvalue weighted by molar-refractivity contribution is 6.31. The first kappa shape index (κ1) is 13.8. The Morgan fingerprint density at radius 3 is 2.90 bits per heavy atom. The van der Waals surface area contributed by atoms with Crippen LogP contribution in [-0.2, 0) is 6.42 Å². The van der Waals surface area contributed by atoms with Crippen molar-refractivity contribution in [2.75, 3.05) is 22.5 Å². The molecule has 108 valence electrons. The Labute approximate surface area is 128 Å². The van der Waals surface area contributed by atoms with Gasteiger partial charge in [0, 0.05) is 28.5 Å². The van der Waals surface area contributed by atoms with Crippen LogP contribution >= 0.6 is 11.6 Å². The smallest absolute Gasteiger partial charge is 0.326 e. The van der Waals surface area contributed by atoms with E-state index in [4.69, 9.17) is 17.3 Å². The van der Waals surface area contributed by atoms with Gasteiger partial charge in [-0.05, 0) is 43.2 Å². The molecule has 0 unspecified atom stereocenters. The maximum Gasteiger partial charge on any atom is 0.326 e. The van der Waals surface area contributed by atoms with E-state index in [2.05, 4.69) is 5.32 Å². The van der Waals surface area contributed by atoms with Crippen LogP contribution in [0.3, 0.4) is 0 Å². The van der Waals surface area contributed by atoms with Gasteiger partial charge < -0.3 is 11.1 Å². The molecule has 0 aliphatic carbocycles. The Morgan fingerprint density at radius 1 is 1.33 bits per heavy atom. The van der Waals surface area contributed by atoms with E-state index in [9.17, 15) is 4.79 Å². The maximum atomic E-state index is 12.4. The van der Waals surface area contributed by atoms with Gasteiger partial charge in [-0.25, -0.2) is 4.79 Å². The number of nitrogens with one attached hydrogen (secondary N) is 1. The highest BCUT2D eigenvalue weighted by Gasteiger charge is 2.25. The van der Waals surface area contributed by atoms with E-state index in [-0.39, 0.29) is 6.03 Å². The van der Waals surface area contributed by atoms with Gasteiger partial charge in [-0.1, -0.05) is 23.7 Å². The minimum Gasteiger partial charge on any atom is -0.398 e. The highest BCUT2D eigenvalue weighted by Crippen LogP contribution is 2.32. The third-order valence-corrected chi connectivity index (χ3v) is 4.14. The number of anilines is 3. The normalized spacial score (nSPS) is 13.1. The highest BCUT2D eigenvalue weighted by atomic mass is 35.5. The number of urea groups is 1. The average molecular weight is 302 g/mol. The van der Waals surface area contributed by atoms with Gasteiger partial charge in [-0.3, -0.25) is 4.90 Å². The summed E-state index contributed by atoms with van der Waals surface area (Å²) >= 11 is 6.08. The van der Waals surface area contributed by atoms with Crippen molar-refractivity contribution in [3.63, 3.8) is 0 Å². The largest absolute Gasteiger partial charge is 0.398 e. The Balaban J connectivity index is 1.82. The minimum absolute atomic E-state index is 0.167. The number of hydrogen-bond donors (Lipinski definition) is 2. The molecule has 5 heteroatoms. The lowest BCUT2D eigenvalue weighted by Crippen LogP contribution is -2.33. The summed E-state index contributed by atoms with van der Waals surface area (Å²) in [6.07, 6.45) is 0.782. The van der Waals surface area contributed by atoms with E-state index < -0.39 is 0 Å². The first-order valence-electron chi connectivity index (χ1n) is 6.78. The van der Waals surface area contributed by atoms with E-state index in [1.165, 1.54) is 0 Å². The number of carbonyl (C=O) groups is 1. The summed E-state index contributed by atoms with van der Waals surface area (Å²) in [6.45, 7) is 2.56. The number of carbonyl (C=O) groups excluding carboxylic acids is 1. The summed E-state index contributed by atoms with van der Waals surface area (Å²) < 4.78 is 0. The van der Waals surface area contributed by atoms with Gasteiger partial charge >= 0.3 is 6.03 Å². The first-order valence-corrected chi connectivity index (χ1v) is 7.16. The van der Waals surface area contributed by atoms with Crippen molar-refractivity contribution in [3.8, 4) is 0 Å². The Morgan fingerprint density at radius 2 is 2.14 bits per heavy atom. The lowest BCUT2D eigenvalue weighted by Gasteiger charge is -2.18. The topological polar surface area (TPSA) is 58.4 Å². The number of nitrogen functional groups attached to an aromatic ring is 1. The number of halogens is 1. The second kappa shape index (κ2) is 5.30. The summed E-state index contributed by atoms with van der Waals surface area (Å²) in [5.74, 6) is 0. The Bertz CT molecular complexity index is 715. The molecule has 0 spiro atoms. The lowest BCUT2D eigenvalue weighted by atomic mass is 10.1. The quantitative estimate of drug-likeness (QED) is 0.787. The molecule has 1 heterocycles. The van der Waals surface area contributed by atoms with Gasteiger partial charge in [-0.15, -0.1) is 0 Å². The van der Waals surface area contributed by atoms with Crippen LogP contribution in [0.15, 0.2) is 36.4 Å². The fourth-order valence-electron chi connectivity index (χ4n) is 2.53. The number of nitrogens with two attached hydrogens (primary N) is 1.